The maximum atomic E-state index is 13.6. The summed E-state index contributed by atoms with van der Waals surface area (Å²) in [5.41, 5.74) is 0. The molecule has 1 heterocycles. The van der Waals surface area contributed by atoms with Gasteiger partial charge in [0.25, 0.3) is 0 Å². The summed E-state index contributed by atoms with van der Waals surface area (Å²) in [6.07, 6.45) is -13.3. The maximum absolute atomic E-state index is 13.6. The molecule has 2 atom stereocenters. The van der Waals surface area contributed by atoms with Crippen LogP contribution in [0.2, 0.25) is 0 Å². The predicted molar refractivity (Wildman–Crippen MR) is 60.0 cm³/mol. The third kappa shape index (κ3) is 2.92. The van der Waals surface area contributed by atoms with Crippen molar-refractivity contribution in [2.45, 2.75) is 46.0 Å². The first-order valence-electron chi connectivity index (χ1n) is 5.63. The van der Waals surface area contributed by atoms with Gasteiger partial charge in [-0.3, -0.25) is 0 Å². The van der Waals surface area contributed by atoms with Gasteiger partial charge in [0, 0.05) is 0 Å². The standard InChI is InChI=1S/C9H2F13IO3/c10-4(11,1-2(23)26-3(24)25-1)5(12,13)6(14,15)7(16,17)8(18,19)9(20,21)22/h1-2H. The molecular weight excluding hydrogens is 530 g/mol. The van der Waals surface area contributed by atoms with Gasteiger partial charge in [-0.05, 0) is 22.6 Å². The SMILES string of the molecule is O=C1OC(I)C(C(F)(F)C(F)(F)C(F)(F)C(F)(F)C(F)(F)C(F)(F)F)O1. The summed E-state index contributed by atoms with van der Waals surface area (Å²) in [5, 5.41) is 0. The smallest absolute Gasteiger partial charge is 0.419 e. The highest BCUT2D eigenvalue weighted by molar-refractivity contribution is 14.1. The van der Waals surface area contributed by atoms with E-state index in [1.165, 1.54) is 0 Å². The van der Waals surface area contributed by atoms with Crippen LogP contribution in [0.1, 0.15) is 0 Å². The van der Waals surface area contributed by atoms with Crippen LogP contribution in [0.3, 0.4) is 0 Å². The zero-order chi connectivity index (χ0) is 21.1. The number of hydrogen-bond donors (Lipinski definition) is 0. The molecule has 0 aromatic heterocycles. The van der Waals surface area contributed by atoms with Crippen molar-refractivity contribution in [3.8, 4) is 0 Å². The summed E-state index contributed by atoms with van der Waals surface area (Å²) in [4.78, 5) is 10.5. The molecule has 3 nitrogen and oxygen atoms in total. The third-order valence-corrected chi connectivity index (χ3v) is 3.89. The Hall–Kier alpha value is -0.910. The first-order chi connectivity index (χ1) is 11.2. The van der Waals surface area contributed by atoms with Crippen LogP contribution in [0, 0.1) is 0 Å². The Kier molecular flexibility index (Phi) is 5.38. The fraction of sp³-hybridized carbons (Fsp3) is 0.889. The molecule has 1 saturated heterocycles. The molecule has 1 aliphatic rings. The van der Waals surface area contributed by atoms with E-state index in [0.29, 0.717) is 22.6 Å². The predicted octanol–water partition coefficient (Wildman–Crippen LogP) is 5.02. The fourth-order valence-corrected chi connectivity index (χ4v) is 2.34. The largest absolute Gasteiger partial charge is 0.510 e. The van der Waals surface area contributed by atoms with Crippen LogP contribution in [-0.4, -0.2) is 52.2 Å². The van der Waals surface area contributed by atoms with Crippen LogP contribution in [0.25, 0.3) is 0 Å². The molecule has 0 saturated carbocycles. The molecule has 1 rings (SSSR count). The van der Waals surface area contributed by atoms with E-state index in [1.807, 2.05) is 0 Å². The minimum Gasteiger partial charge on any atom is -0.419 e. The Bertz CT molecular complexity index is 572. The van der Waals surface area contributed by atoms with Crippen LogP contribution in [0.15, 0.2) is 0 Å². The van der Waals surface area contributed by atoms with Crippen molar-refractivity contribution in [3.63, 3.8) is 0 Å². The molecule has 1 aliphatic heterocycles. The number of ether oxygens (including phenoxy) is 2. The van der Waals surface area contributed by atoms with Gasteiger partial charge in [-0.25, -0.2) is 4.79 Å². The lowest BCUT2D eigenvalue weighted by Crippen LogP contribution is -2.72. The number of cyclic esters (lactones) is 2. The summed E-state index contributed by atoms with van der Waals surface area (Å²) >= 11 is 0.611. The Labute approximate surface area is 146 Å². The van der Waals surface area contributed by atoms with E-state index in [2.05, 4.69) is 9.47 Å². The quantitative estimate of drug-likeness (QED) is 0.216. The number of rotatable bonds is 5. The maximum Gasteiger partial charge on any atom is 0.510 e. The average Bonchev–Trinajstić information content (AvgIpc) is 2.76. The fourth-order valence-electron chi connectivity index (χ4n) is 1.54. The van der Waals surface area contributed by atoms with Crippen molar-refractivity contribution < 1.29 is 71.3 Å². The van der Waals surface area contributed by atoms with E-state index >= 15 is 0 Å². The molecular formula is C9H2F13IO3. The van der Waals surface area contributed by atoms with Crippen molar-refractivity contribution in [1.29, 1.82) is 0 Å². The average molecular weight is 532 g/mol. The van der Waals surface area contributed by atoms with Crippen LogP contribution in [-0.2, 0) is 9.47 Å². The second-order valence-corrected chi connectivity index (χ2v) is 5.90. The summed E-state index contributed by atoms with van der Waals surface area (Å²) in [7, 11) is 0. The first kappa shape index (κ1) is 23.1. The number of carbonyl (C=O) groups is 1. The second-order valence-electron chi connectivity index (χ2n) is 4.68. The molecule has 17 heteroatoms. The highest BCUT2D eigenvalue weighted by atomic mass is 127. The Morgan fingerprint density at radius 3 is 1.35 bits per heavy atom. The Morgan fingerprint density at radius 1 is 0.654 bits per heavy atom. The molecule has 2 unspecified atom stereocenters. The van der Waals surface area contributed by atoms with Gasteiger partial charge >= 0.3 is 41.9 Å². The van der Waals surface area contributed by atoms with Crippen molar-refractivity contribution in [3.05, 3.63) is 0 Å². The lowest BCUT2D eigenvalue weighted by atomic mass is 9.92. The van der Waals surface area contributed by atoms with Crippen molar-refractivity contribution >= 4 is 28.7 Å². The van der Waals surface area contributed by atoms with Crippen molar-refractivity contribution in [2.24, 2.45) is 0 Å². The van der Waals surface area contributed by atoms with Crippen molar-refractivity contribution in [2.75, 3.05) is 0 Å². The van der Waals surface area contributed by atoms with E-state index in [-0.39, 0.29) is 0 Å². The molecule has 154 valence electrons. The van der Waals surface area contributed by atoms with E-state index in [1.54, 1.807) is 0 Å². The van der Waals surface area contributed by atoms with Gasteiger partial charge in [-0.1, -0.05) is 0 Å². The van der Waals surface area contributed by atoms with Gasteiger partial charge in [0.05, 0.1) is 0 Å². The molecule has 0 aromatic rings. The molecule has 0 bridgehead atoms. The lowest BCUT2D eigenvalue weighted by Gasteiger charge is -2.40. The first-order valence-corrected chi connectivity index (χ1v) is 6.88. The molecule has 26 heavy (non-hydrogen) atoms. The van der Waals surface area contributed by atoms with Gasteiger partial charge in [0.15, 0.2) is 4.11 Å². The molecule has 0 aromatic carbocycles. The zero-order valence-corrected chi connectivity index (χ0v) is 13.3. The monoisotopic (exact) mass is 532 g/mol. The van der Waals surface area contributed by atoms with Gasteiger partial charge in [-0.2, -0.15) is 57.1 Å². The molecule has 0 aliphatic carbocycles. The van der Waals surface area contributed by atoms with Gasteiger partial charge < -0.3 is 9.47 Å². The molecule has 1 fully saturated rings. The van der Waals surface area contributed by atoms with E-state index in [4.69, 9.17) is 0 Å². The lowest BCUT2D eigenvalue weighted by molar-refractivity contribution is -0.443. The number of carbonyl (C=O) groups excluding carboxylic acids is 1. The van der Waals surface area contributed by atoms with Crippen LogP contribution >= 0.6 is 22.6 Å². The van der Waals surface area contributed by atoms with Gasteiger partial charge in [0.1, 0.15) is 0 Å². The number of hydrogen-bond acceptors (Lipinski definition) is 3. The van der Waals surface area contributed by atoms with Crippen LogP contribution in [0.5, 0.6) is 0 Å². The molecule has 0 N–H and O–H groups in total. The highest BCUT2D eigenvalue weighted by Gasteiger charge is 2.92. The molecule has 0 radical (unpaired) electrons. The van der Waals surface area contributed by atoms with E-state index in [0.717, 1.165) is 0 Å². The van der Waals surface area contributed by atoms with Crippen molar-refractivity contribution in [1.82, 2.24) is 0 Å². The minimum atomic E-state index is -8.00. The highest BCUT2D eigenvalue weighted by Crippen LogP contribution is 2.61. The van der Waals surface area contributed by atoms with Crippen LogP contribution in [0.4, 0.5) is 61.9 Å². The zero-order valence-electron chi connectivity index (χ0n) is 11.2. The number of alkyl halides is 14. The van der Waals surface area contributed by atoms with Gasteiger partial charge in [-0.15, -0.1) is 0 Å². The second kappa shape index (κ2) is 6.05. The topological polar surface area (TPSA) is 35.5 Å². The molecule has 0 amide bonds. The third-order valence-electron chi connectivity index (χ3n) is 2.99. The van der Waals surface area contributed by atoms with E-state index in [9.17, 15) is 61.9 Å². The Morgan fingerprint density at radius 2 is 1.04 bits per heavy atom. The summed E-state index contributed by atoms with van der Waals surface area (Å²) in [6.45, 7) is 0. The van der Waals surface area contributed by atoms with Gasteiger partial charge in [0.2, 0.25) is 6.10 Å². The Balaban J connectivity index is 3.46. The summed E-state index contributed by atoms with van der Waals surface area (Å²) in [6, 6.07) is 0. The van der Waals surface area contributed by atoms with Crippen LogP contribution < -0.4 is 0 Å². The summed E-state index contributed by atoms with van der Waals surface area (Å²) in [5.74, 6) is -37.8. The normalized spacial score (nSPS) is 23.7. The summed E-state index contributed by atoms with van der Waals surface area (Å²) < 4.78 is 172. The molecule has 0 spiro atoms. The number of halogens is 14. The minimum absolute atomic E-state index is 0.611. The van der Waals surface area contributed by atoms with E-state index < -0.39 is 52.2 Å².